The monoisotopic (exact) mass is 259 g/mol. The molecule has 1 aromatic rings. The van der Waals surface area contributed by atoms with Crippen molar-refractivity contribution in [3.05, 3.63) is 34.4 Å². The third-order valence-corrected chi connectivity index (χ3v) is 3.27. The van der Waals surface area contributed by atoms with E-state index < -0.39 is 15.0 Å². The molecule has 1 heterocycles. The SMILES string of the molecule is O=[N+]([O-])c1cccc(OS(=O)(=O)CC2CO2)c1. The van der Waals surface area contributed by atoms with Crippen LogP contribution >= 0.6 is 0 Å². The van der Waals surface area contributed by atoms with Gasteiger partial charge in [0.15, 0.2) is 0 Å². The largest absolute Gasteiger partial charge is 0.382 e. The van der Waals surface area contributed by atoms with Crippen LogP contribution in [-0.4, -0.2) is 31.8 Å². The molecule has 1 saturated heterocycles. The number of hydrogen-bond acceptors (Lipinski definition) is 6. The molecule has 1 unspecified atom stereocenters. The Balaban J connectivity index is 2.12. The summed E-state index contributed by atoms with van der Waals surface area (Å²) in [4.78, 5) is 9.87. The Morgan fingerprint density at radius 1 is 1.53 bits per heavy atom. The Bertz CT molecular complexity index is 536. The van der Waals surface area contributed by atoms with Crippen LogP contribution in [-0.2, 0) is 14.9 Å². The minimum Gasteiger partial charge on any atom is -0.382 e. The van der Waals surface area contributed by atoms with Crippen LogP contribution in [0.25, 0.3) is 0 Å². The van der Waals surface area contributed by atoms with Crippen molar-refractivity contribution in [1.82, 2.24) is 0 Å². The molecular weight excluding hydrogens is 250 g/mol. The second-order valence-corrected chi connectivity index (χ2v) is 5.13. The predicted octanol–water partition coefficient (Wildman–Crippen LogP) is 0.702. The topological polar surface area (TPSA) is 99.0 Å². The zero-order chi connectivity index (χ0) is 12.5. The van der Waals surface area contributed by atoms with Gasteiger partial charge < -0.3 is 8.92 Å². The minimum atomic E-state index is -3.76. The van der Waals surface area contributed by atoms with Crippen LogP contribution in [0, 0.1) is 10.1 Å². The van der Waals surface area contributed by atoms with Crippen molar-refractivity contribution >= 4 is 15.8 Å². The van der Waals surface area contributed by atoms with E-state index in [1.165, 1.54) is 18.2 Å². The first-order valence-electron chi connectivity index (χ1n) is 4.74. The molecular formula is C9H9NO6S. The van der Waals surface area contributed by atoms with Gasteiger partial charge in [0, 0.05) is 6.07 Å². The summed E-state index contributed by atoms with van der Waals surface area (Å²) >= 11 is 0. The van der Waals surface area contributed by atoms with Gasteiger partial charge in [-0.25, -0.2) is 0 Å². The molecule has 1 aliphatic rings. The maximum atomic E-state index is 11.5. The molecule has 0 aromatic heterocycles. The fourth-order valence-corrected chi connectivity index (χ4v) is 2.33. The lowest BCUT2D eigenvalue weighted by Crippen LogP contribution is -2.17. The van der Waals surface area contributed by atoms with Gasteiger partial charge in [-0.3, -0.25) is 10.1 Å². The number of nitro groups is 1. The number of rotatable bonds is 5. The van der Waals surface area contributed by atoms with Crippen LogP contribution in [0.15, 0.2) is 24.3 Å². The Hall–Kier alpha value is -1.67. The molecule has 0 N–H and O–H groups in total. The predicted molar refractivity (Wildman–Crippen MR) is 57.3 cm³/mol. The summed E-state index contributed by atoms with van der Waals surface area (Å²) < 4.78 is 32.4. The molecule has 1 atom stereocenters. The normalized spacial score (nSPS) is 18.7. The highest BCUT2D eigenvalue weighted by atomic mass is 32.2. The molecule has 1 fully saturated rings. The molecule has 0 bridgehead atoms. The van der Waals surface area contributed by atoms with Gasteiger partial charge in [-0.05, 0) is 6.07 Å². The lowest BCUT2D eigenvalue weighted by Gasteiger charge is -2.04. The zero-order valence-corrected chi connectivity index (χ0v) is 9.42. The van der Waals surface area contributed by atoms with E-state index in [4.69, 9.17) is 8.92 Å². The maximum absolute atomic E-state index is 11.5. The first kappa shape index (κ1) is 11.8. The molecule has 92 valence electrons. The third-order valence-electron chi connectivity index (χ3n) is 2.04. The van der Waals surface area contributed by atoms with Gasteiger partial charge in [-0.1, -0.05) is 6.07 Å². The van der Waals surface area contributed by atoms with Gasteiger partial charge in [0.25, 0.3) is 5.69 Å². The standard InChI is InChI=1S/C9H9NO6S/c11-10(12)7-2-1-3-8(4-7)16-17(13,14)6-9-5-15-9/h1-4,9H,5-6H2. The van der Waals surface area contributed by atoms with Gasteiger partial charge in [-0.15, -0.1) is 0 Å². The Kier molecular flexibility index (Phi) is 2.99. The molecule has 0 radical (unpaired) electrons. The molecule has 8 heteroatoms. The summed E-state index contributed by atoms with van der Waals surface area (Å²) in [5.41, 5.74) is -0.222. The fraction of sp³-hybridized carbons (Fsp3) is 0.333. The highest BCUT2D eigenvalue weighted by Gasteiger charge is 2.30. The number of non-ortho nitro benzene ring substituents is 1. The average Bonchev–Trinajstić information content (AvgIpc) is 3.00. The fourth-order valence-electron chi connectivity index (χ4n) is 1.22. The maximum Gasteiger partial charge on any atom is 0.311 e. The van der Waals surface area contributed by atoms with Crippen molar-refractivity contribution in [3.8, 4) is 5.75 Å². The van der Waals surface area contributed by atoms with E-state index in [0.29, 0.717) is 6.61 Å². The van der Waals surface area contributed by atoms with E-state index in [-0.39, 0.29) is 23.3 Å². The molecule has 0 spiro atoms. The quantitative estimate of drug-likeness (QED) is 0.334. The van der Waals surface area contributed by atoms with Gasteiger partial charge >= 0.3 is 10.1 Å². The first-order chi connectivity index (χ1) is 7.96. The summed E-state index contributed by atoms with van der Waals surface area (Å²) in [5.74, 6) is -0.310. The number of epoxide rings is 1. The van der Waals surface area contributed by atoms with Crippen molar-refractivity contribution in [3.63, 3.8) is 0 Å². The van der Waals surface area contributed by atoms with Crippen LogP contribution in [0.3, 0.4) is 0 Å². The van der Waals surface area contributed by atoms with Crippen molar-refractivity contribution < 1.29 is 22.3 Å². The molecule has 1 aliphatic heterocycles. The van der Waals surface area contributed by atoms with Gasteiger partial charge in [-0.2, -0.15) is 8.42 Å². The lowest BCUT2D eigenvalue weighted by molar-refractivity contribution is -0.384. The molecule has 17 heavy (non-hydrogen) atoms. The Morgan fingerprint density at radius 2 is 2.24 bits per heavy atom. The van der Waals surface area contributed by atoms with Crippen LogP contribution < -0.4 is 4.18 Å². The Labute approximate surface area is 97.2 Å². The summed E-state index contributed by atoms with van der Waals surface area (Å²) in [5, 5.41) is 10.5. The second-order valence-electron chi connectivity index (χ2n) is 3.52. The van der Waals surface area contributed by atoms with E-state index in [2.05, 4.69) is 0 Å². The molecule has 2 rings (SSSR count). The van der Waals surface area contributed by atoms with Crippen molar-refractivity contribution in [2.75, 3.05) is 12.4 Å². The molecule has 0 aliphatic carbocycles. The number of nitrogens with zero attached hydrogens (tertiary/aromatic N) is 1. The van der Waals surface area contributed by atoms with Crippen LogP contribution in [0.1, 0.15) is 0 Å². The van der Waals surface area contributed by atoms with Crippen LogP contribution in [0.2, 0.25) is 0 Å². The summed E-state index contributed by atoms with van der Waals surface area (Å²) in [6.45, 7) is 0.400. The van der Waals surface area contributed by atoms with Crippen LogP contribution in [0.4, 0.5) is 5.69 Å². The Morgan fingerprint density at radius 3 is 2.82 bits per heavy atom. The molecule has 1 aromatic carbocycles. The van der Waals surface area contributed by atoms with E-state index in [0.717, 1.165) is 6.07 Å². The average molecular weight is 259 g/mol. The van der Waals surface area contributed by atoms with E-state index in [1.54, 1.807) is 0 Å². The van der Waals surface area contributed by atoms with Crippen molar-refractivity contribution in [1.29, 1.82) is 0 Å². The number of nitro benzene ring substituents is 1. The third kappa shape index (κ3) is 3.40. The minimum absolute atomic E-state index is 0.0696. The smallest absolute Gasteiger partial charge is 0.311 e. The highest BCUT2D eigenvalue weighted by Crippen LogP contribution is 2.22. The molecule has 7 nitrogen and oxygen atoms in total. The second kappa shape index (κ2) is 4.30. The van der Waals surface area contributed by atoms with E-state index in [9.17, 15) is 18.5 Å². The number of benzene rings is 1. The van der Waals surface area contributed by atoms with E-state index >= 15 is 0 Å². The number of hydrogen-bond donors (Lipinski definition) is 0. The number of ether oxygens (including phenoxy) is 1. The van der Waals surface area contributed by atoms with Crippen molar-refractivity contribution in [2.24, 2.45) is 0 Å². The first-order valence-corrected chi connectivity index (χ1v) is 6.32. The lowest BCUT2D eigenvalue weighted by atomic mass is 10.3. The molecule has 0 saturated carbocycles. The highest BCUT2D eigenvalue weighted by molar-refractivity contribution is 7.87. The van der Waals surface area contributed by atoms with Gasteiger partial charge in [0.05, 0.1) is 23.7 Å². The van der Waals surface area contributed by atoms with Gasteiger partial charge in [0.2, 0.25) is 0 Å². The van der Waals surface area contributed by atoms with Crippen LogP contribution in [0.5, 0.6) is 5.75 Å². The zero-order valence-electron chi connectivity index (χ0n) is 8.61. The van der Waals surface area contributed by atoms with Gasteiger partial charge in [0.1, 0.15) is 11.5 Å². The summed E-state index contributed by atoms with van der Waals surface area (Å²) in [7, 11) is -3.76. The summed E-state index contributed by atoms with van der Waals surface area (Å²) in [6, 6.07) is 5.02. The van der Waals surface area contributed by atoms with E-state index in [1.807, 2.05) is 0 Å². The van der Waals surface area contributed by atoms with Crippen molar-refractivity contribution in [2.45, 2.75) is 6.10 Å². The summed E-state index contributed by atoms with van der Waals surface area (Å²) in [6.07, 6.45) is -0.321. The molecule has 0 amide bonds.